The zero-order valence-electron chi connectivity index (χ0n) is 10.8. The van der Waals surface area contributed by atoms with Gasteiger partial charge in [0.05, 0.1) is 0 Å². The molecule has 1 aromatic carbocycles. The highest BCUT2D eigenvalue weighted by Gasteiger charge is 2.30. The normalized spacial score (nSPS) is 11.1. The third-order valence-electron chi connectivity index (χ3n) is 2.34. The lowest BCUT2D eigenvalue weighted by Crippen LogP contribution is -2.37. The zero-order chi connectivity index (χ0) is 15.9. The predicted molar refractivity (Wildman–Crippen MR) is 75.2 cm³/mol. The summed E-state index contributed by atoms with van der Waals surface area (Å²) in [6.07, 6.45) is -4.75. The molecule has 21 heavy (non-hydrogen) atoms. The summed E-state index contributed by atoms with van der Waals surface area (Å²) in [5, 5.41) is 2.53. The van der Waals surface area contributed by atoms with E-state index in [0.717, 1.165) is 12.1 Å². The van der Waals surface area contributed by atoms with Crippen molar-refractivity contribution in [1.29, 1.82) is 0 Å². The van der Waals surface area contributed by atoms with Crippen molar-refractivity contribution in [1.82, 2.24) is 4.90 Å². The van der Waals surface area contributed by atoms with E-state index in [4.69, 9.17) is 23.2 Å². The quantitative estimate of drug-likeness (QED) is 0.795. The fraction of sp³-hybridized carbons (Fsp3) is 0.417. The fourth-order valence-corrected chi connectivity index (χ4v) is 1.87. The van der Waals surface area contributed by atoms with Crippen LogP contribution in [0.5, 0.6) is 5.75 Å². The van der Waals surface area contributed by atoms with Crippen LogP contribution in [0.15, 0.2) is 24.3 Å². The van der Waals surface area contributed by atoms with E-state index in [1.165, 1.54) is 17.0 Å². The Morgan fingerprint density at radius 1 is 1.14 bits per heavy atom. The van der Waals surface area contributed by atoms with Crippen molar-refractivity contribution in [2.45, 2.75) is 6.36 Å². The fourth-order valence-electron chi connectivity index (χ4n) is 1.46. The van der Waals surface area contributed by atoms with Gasteiger partial charge in [-0.3, -0.25) is 0 Å². The van der Waals surface area contributed by atoms with E-state index in [1.807, 2.05) is 0 Å². The van der Waals surface area contributed by atoms with Crippen LogP contribution in [0.25, 0.3) is 0 Å². The Morgan fingerprint density at radius 3 is 2.10 bits per heavy atom. The van der Waals surface area contributed by atoms with E-state index in [-0.39, 0.29) is 17.5 Å². The molecule has 0 fully saturated rings. The Morgan fingerprint density at radius 2 is 1.67 bits per heavy atom. The number of anilines is 1. The molecule has 0 bridgehead atoms. The molecule has 118 valence electrons. The second-order valence-electron chi connectivity index (χ2n) is 3.87. The van der Waals surface area contributed by atoms with Gasteiger partial charge < -0.3 is 15.0 Å². The van der Waals surface area contributed by atoms with Crippen molar-refractivity contribution in [3.63, 3.8) is 0 Å². The molecule has 0 saturated heterocycles. The van der Waals surface area contributed by atoms with Gasteiger partial charge in [0, 0.05) is 30.5 Å². The van der Waals surface area contributed by atoms with Gasteiger partial charge in [-0.1, -0.05) is 0 Å². The largest absolute Gasteiger partial charge is 0.573 e. The third kappa shape index (κ3) is 6.77. The molecule has 0 spiro atoms. The first-order valence-electron chi connectivity index (χ1n) is 5.89. The second kappa shape index (κ2) is 8.19. The maximum atomic E-state index is 12.0. The van der Waals surface area contributed by atoms with E-state index in [2.05, 4.69) is 10.1 Å². The Labute approximate surface area is 129 Å². The lowest BCUT2D eigenvalue weighted by Gasteiger charge is -2.21. The molecule has 1 aromatic rings. The van der Waals surface area contributed by atoms with Gasteiger partial charge in [0.25, 0.3) is 0 Å². The Kier molecular flexibility index (Phi) is 6.91. The number of halogens is 5. The highest BCUT2D eigenvalue weighted by Crippen LogP contribution is 2.24. The first-order chi connectivity index (χ1) is 9.85. The van der Waals surface area contributed by atoms with Crippen molar-refractivity contribution >= 4 is 34.9 Å². The van der Waals surface area contributed by atoms with Gasteiger partial charge in [-0.15, -0.1) is 36.4 Å². The number of ether oxygens (including phenoxy) is 1. The molecule has 2 amide bonds. The number of rotatable bonds is 6. The summed E-state index contributed by atoms with van der Waals surface area (Å²) in [6.45, 7) is 0.630. The summed E-state index contributed by atoms with van der Waals surface area (Å²) >= 11 is 11.1. The van der Waals surface area contributed by atoms with Crippen LogP contribution < -0.4 is 10.1 Å². The number of urea groups is 1. The number of hydrogen-bond donors (Lipinski definition) is 1. The SMILES string of the molecule is O=C(Nc1ccc(OC(F)(F)F)cc1)N(CCCl)CCCl. The minimum Gasteiger partial charge on any atom is -0.406 e. The number of carbonyl (C=O) groups excluding carboxylic acids is 1. The monoisotopic (exact) mass is 344 g/mol. The smallest absolute Gasteiger partial charge is 0.406 e. The summed E-state index contributed by atoms with van der Waals surface area (Å²) in [5.41, 5.74) is 0.337. The number of nitrogens with one attached hydrogen (secondary N) is 1. The molecule has 0 radical (unpaired) electrons. The highest BCUT2D eigenvalue weighted by molar-refractivity contribution is 6.18. The summed E-state index contributed by atoms with van der Waals surface area (Å²) in [6, 6.07) is 4.39. The Bertz CT molecular complexity index is 449. The van der Waals surface area contributed by atoms with E-state index in [0.29, 0.717) is 18.8 Å². The van der Waals surface area contributed by atoms with Crippen LogP contribution in [0.2, 0.25) is 0 Å². The van der Waals surface area contributed by atoms with Crippen molar-refractivity contribution < 1.29 is 22.7 Å². The number of benzene rings is 1. The third-order valence-corrected chi connectivity index (χ3v) is 2.67. The minimum atomic E-state index is -4.75. The van der Waals surface area contributed by atoms with Crippen LogP contribution in [0.3, 0.4) is 0 Å². The van der Waals surface area contributed by atoms with Crippen LogP contribution in [0.1, 0.15) is 0 Å². The van der Waals surface area contributed by atoms with Crippen LogP contribution in [0.4, 0.5) is 23.7 Å². The molecule has 0 aliphatic carbocycles. The van der Waals surface area contributed by atoms with E-state index in [9.17, 15) is 18.0 Å². The molecule has 0 unspecified atom stereocenters. The number of amides is 2. The van der Waals surface area contributed by atoms with E-state index < -0.39 is 12.4 Å². The van der Waals surface area contributed by atoms with Crippen LogP contribution in [-0.2, 0) is 0 Å². The molecule has 1 rings (SSSR count). The molecule has 0 aliphatic heterocycles. The lowest BCUT2D eigenvalue weighted by molar-refractivity contribution is -0.274. The first kappa shape index (κ1) is 17.7. The van der Waals surface area contributed by atoms with Crippen LogP contribution in [0, 0.1) is 0 Å². The predicted octanol–water partition coefficient (Wildman–Crippen LogP) is 3.90. The second-order valence-corrected chi connectivity index (χ2v) is 4.62. The average Bonchev–Trinajstić information content (AvgIpc) is 2.39. The van der Waals surface area contributed by atoms with Gasteiger partial charge in [-0.2, -0.15) is 0 Å². The van der Waals surface area contributed by atoms with Crippen molar-refractivity contribution in [3.8, 4) is 5.75 Å². The van der Waals surface area contributed by atoms with Gasteiger partial charge in [0.1, 0.15) is 5.75 Å². The van der Waals surface area contributed by atoms with Crippen LogP contribution >= 0.6 is 23.2 Å². The number of hydrogen-bond acceptors (Lipinski definition) is 2. The van der Waals surface area contributed by atoms with Crippen LogP contribution in [-0.4, -0.2) is 42.1 Å². The van der Waals surface area contributed by atoms with Crippen molar-refractivity contribution in [3.05, 3.63) is 24.3 Å². The van der Waals surface area contributed by atoms with Gasteiger partial charge in [-0.05, 0) is 24.3 Å². The first-order valence-corrected chi connectivity index (χ1v) is 6.96. The molecule has 1 N–H and O–H groups in total. The zero-order valence-corrected chi connectivity index (χ0v) is 12.3. The summed E-state index contributed by atoms with van der Waals surface area (Å²) < 4.78 is 39.7. The molecule has 0 saturated carbocycles. The Balaban J connectivity index is 2.63. The maximum Gasteiger partial charge on any atom is 0.573 e. The summed E-state index contributed by atoms with van der Waals surface area (Å²) in [4.78, 5) is 13.3. The molecule has 9 heteroatoms. The molecule has 0 atom stereocenters. The molecule has 0 heterocycles. The van der Waals surface area contributed by atoms with Gasteiger partial charge in [0.2, 0.25) is 0 Å². The number of carbonyl (C=O) groups is 1. The van der Waals surface area contributed by atoms with Gasteiger partial charge in [0.15, 0.2) is 0 Å². The van der Waals surface area contributed by atoms with Gasteiger partial charge in [-0.25, -0.2) is 4.79 Å². The van der Waals surface area contributed by atoms with E-state index >= 15 is 0 Å². The highest BCUT2D eigenvalue weighted by atomic mass is 35.5. The molecular formula is C12H13Cl2F3N2O2. The Hall–Kier alpha value is -1.34. The standard InChI is InChI=1S/C12H13Cl2F3N2O2/c13-5-7-19(8-6-14)11(20)18-9-1-3-10(4-2-9)21-12(15,16)17/h1-4H,5-8H2,(H,18,20). The maximum absolute atomic E-state index is 12.0. The topological polar surface area (TPSA) is 41.6 Å². The number of nitrogens with zero attached hydrogens (tertiary/aromatic N) is 1. The van der Waals surface area contributed by atoms with E-state index in [1.54, 1.807) is 0 Å². The number of alkyl halides is 5. The molecular weight excluding hydrogens is 332 g/mol. The van der Waals surface area contributed by atoms with Gasteiger partial charge >= 0.3 is 12.4 Å². The minimum absolute atomic E-state index is 0.253. The summed E-state index contributed by atoms with van der Waals surface area (Å²) in [7, 11) is 0. The van der Waals surface area contributed by atoms with Crippen molar-refractivity contribution in [2.24, 2.45) is 0 Å². The average molecular weight is 345 g/mol. The molecule has 4 nitrogen and oxygen atoms in total. The molecule has 0 aromatic heterocycles. The molecule has 0 aliphatic rings. The lowest BCUT2D eigenvalue weighted by atomic mass is 10.3. The summed E-state index contributed by atoms with van der Waals surface area (Å²) in [5.74, 6) is 0.143. The van der Waals surface area contributed by atoms with Crippen molar-refractivity contribution in [2.75, 3.05) is 30.2 Å².